The van der Waals surface area contributed by atoms with Crippen molar-refractivity contribution in [2.45, 2.75) is 31.7 Å². The highest BCUT2D eigenvalue weighted by molar-refractivity contribution is 7.91. The maximum atomic E-state index is 13.4. The van der Waals surface area contributed by atoms with Gasteiger partial charge in [-0.2, -0.15) is 16.8 Å². The molecule has 0 amide bonds. The molecule has 35 heavy (non-hydrogen) atoms. The second-order valence-corrected chi connectivity index (χ2v) is 11.5. The van der Waals surface area contributed by atoms with E-state index >= 15 is 0 Å². The van der Waals surface area contributed by atoms with Crippen LogP contribution in [-0.4, -0.2) is 44.4 Å². The quantitative estimate of drug-likeness (QED) is 0.364. The van der Waals surface area contributed by atoms with Crippen LogP contribution in [-0.2, 0) is 26.8 Å². The molecule has 0 aliphatic carbocycles. The fraction of sp³-hybridized carbons (Fsp3) is 0.286. The molecular weight excluding hydrogens is 496 g/mol. The summed E-state index contributed by atoms with van der Waals surface area (Å²) >= 11 is 0. The first-order chi connectivity index (χ1) is 16.4. The van der Waals surface area contributed by atoms with E-state index in [1.54, 1.807) is 12.1 Å². The topological polar surface area (TPSA) is 172 Å². The summed E-state index contributed by atoms with van der Waals surface area (Å²) in [6.45, 7) is 4.31. The smallest absolute Gasteiger partial charge is 0.298 e. The standard InChI is InChI=1S/C21H24N6O6S2/c1-12(2)8-10-27-20-14(5-4-9-23-20)18(28)17(21(27)29)19-24-15-7-6-13(25-35(32,33)22-3)11-16(15)34(30,31)26-19/h4-7,9,11-12,22,25,28H,8,10H2,1-3H3,(H,24,26). The number of nitrogens with zero attached hydrogens (tertiary/aromatic N) is 3. The molecule has 0 bridgehead atoms. The fourth-order valence-corrected chi connectivity index (χ4v) is 5.30. The highest BCUT2D eigenvalue weighted by Crippen LogP contribution is 2.33. The van der Waals surface area contributed by atoms with Crippen molar-refractivity contribution in [3.05, 3.63) is 52.4 Å². The summed E-state index contributed by atoms with van der Waals surface area (Å²) in [5.41, 5.74) is -0.597. The first-order valence-corrected chi connectivity index (χ1v) is 13.5. The van der Waals surface area contributed by atoms with Gasteiger partial charge in [0.15, 0.2) is 5.84 Å². The van der Waals surface area contributed by atoms with E-state index in [0.29, 0.717) is 13.0 Å². The van der Waals surface area contributed by atoms with Gasteiger partial charge >= 0.3 is 0 Å². The van der Waals surface area contributed by atoms with Gasteiger partial charge in [0.2, 0.25) is 0 Å². The average Bonchev–Trinajstić information content (AvgIpc) is 2.79. The molecule has 4 rings (SSSR count). The van der Waals surface area contributed by atoms with E-state index < -0.39 is 31.5 Å². The molecule has 0 radical (unpaired) electrons. The summed E-state index contributed by atoms with van der Waals surface area (Å²) in [6.07, 6.45) is 2.16. The van der Waals surface area contributed by atoms with Gasteiger partial charge in [0, 0.05) is 19.8 Å². The number of fused-ring (bicyclic) bond motifs is 2. The maximum Gasteiger partial charge on any atom is 0.298 e. The normalized spacial score (nSPS) is 14.9. The van der Waals surface area contributed by atoms with Crippen LogP contribution in [0.15, 0.2) is 50.6 Å². The zero-order valence-corrected chi connectivity index (χ0v) is 20.7. The van der Waals surface area contributed by atoms with Gasteiger partial charge in [0.25, 0.3) is 25.8 Å². The number of rotatable bonds is 7. The third-order valence-corrected chi connectivity index (χ3v) is 7.76. The molecule has 4 N–H and O–H groups in total. The number of aromatic hydroxyl groups is 1. The SMILES string of the molecule is CNS(=O)(=O)Nc1ccc2c(c1)S(=O)(=O)N=C(c1c(O)c3cccnc3n(CCC(C)C)c1=O)N2. The lowest BCUT2D eigenvalue weighted by Gasteiger charge is -2.21. The number of aromatic nitrogens is 2. The average molecular weight is 521 g/mol. The van der Waals surface area contributed by atoms with Crippen molar-refractivity contribution in [3.63, 3.8) is 0 Å². The molecule has 0 fully saturated rings. The lowest BCUT2D eigenvalue weighted by Crippen LogP contribution is -2.33. The molecule has 0 unspecified atom stereocenters. The predicted molar refractivity (Wildman–Crippen MR) is 133 cm³/mol. The molecule has 2 aromatic heterocycles. The summed E-state index contributed by atoms with van der Waals surface area (Å²) in [6, 6.07) is 6.98. The number of aryl methyl sites for hydroxylation is 1. The fourth-order valence-electron chi connectivity index (χ4n) is 3.61. The molecule has 1 aromatic carbocycles. The number of anilines is 2. The van der Waals surface area contributed by atoms with Gasteiger partial charge in [-0.15, -0.1) is 4.40 Å². The van der Waals surface area contributed by atoms with Gasteiger partial charge in [0.05, 0.1) is 16.8 Å². The molecule has 3 aromatic rings. The Morgan fingerprint density at radius 1 is 1.23 bits per heavy atom. The highest BCUT2D eigenvalue weighted by atomic mass is 32.2. The lowest BCUT2D eigenvalue weighted by atomic mass is 10.1. The van der Waals surface area contributed by atoms with E-state index in [9.17, 15) is 26.7 Å². The molecule has 0 saturated heterocycles. The number of hydrogen-bond acceptors (Lipinski definition) is 8. The van der Waals surface area contributed by atoms with E-state index in [1.165, 1.54) is 29.9 Å². The van der Waals surface area contributed by atoms with Crippen LogP contribution in [0.4, 0.5) is 11.4 Å². The van der Waals surface area contributed by atoms with Crippen molar-refractivity contribution in [2.75, 3.05) is 17.1 Å². The predicted octanol–water partition coefficient (Wildman–Crippen LogP) is 1.59. The summed E-state index contributed by atoms with van der Waals surface area (Å²) in [7, 11) is -7.02. The van der Waals surface area contributed by atoms with Crippen molar-refractivity contribution < 1.29 is 21.9 Å². The van der Waals surface area contributed by atoms with Crippen LogP contribution in [0.1, 0.15) is 25.8 Å². The van der Waals surface area contributed by atoms with Crippen molar-refractivity contribution in [1.82, 2.24) is 14.3 Å². The molecule has 1 aliphatic heterocycles. The Balaban J connectivity index is 1.86. The van der Waals surface area contributed by atoms with E-state index in [-0.39, 0.29) is 44.6 Å². The number of nitrogens with one attached hydrogen (secondary N) is 3. The van der Waals surface area contributed by atoms with Crippen molar-refractivity contribution in [2.24, 2.45) is 10.3 Å². The Hall–Kier alpha value is -3.49. The second kappa shape index (κ2) is 8.94. The molecule has 0 saturated carbocycles. The van der Waals surface area contributed by atoms with E-state index in [0.717, 1.165) is 6.07 Å². The van der Waals surface area contributed by atoms with Crippen LogP contribution in [0.2, 0.25) is 0 Å². The molecule has 0 atom stereocenters. The van der Waals surface area contributed by atoms with Crippen LogP contribution >= 0.6 is 0 Å². The second-order valence-electron chi connectivity index (χ2n) is 8.30. The van der Waals surface area contributed by atoms with Gasteiger partial charge in [-0.25, -0.2) is 9.71 Å². The Labute approximate surface area is 202 Å². The van der Waals surface area contributed by atoms with Crippen molar-refractivity contribution in [3.8, 4) is 5.75 Å². The van der Waals surface area contributed by atoms with Gasteiger partial charge in [-0.3, -0.25) is 14.1 Å². The number of benzene rings is 1. The minimum Gasteiger partial charge on any atom is -0.506 e. The number of amidine groups is 1. The molecule has 12 nitrogen and oxygen atoms in total. The third kappa shape index (κ3) is 4.72. The minimum absolute atomic E-state index is 0.00204. The van der Waals surface area contributed by atoms with E-state index in [1.807, 2.05) is 13.8 Å². The largest absolute Gasteiger partial charge is 0.506 e. The molecule has 1 aliphatic rings. The van der Waals surface area contributed by atoms with Crippen LogP contribution in [0.25, 0.3) is 11.0 Å². The number of pyridine rings is 2. The van der Waals surface area contributed by atoms with Gasteiger partial charge < -0.3 is 10.4 Å². The molecule has 186 valence electrons. The Morgan fingerprint density at radius 2 is 1.97 bits per heavy atom. The van der Waals surface area contributed by atoms with Crippen LogP contribution in [0, 0.1) is 5.92 Å². The van der Waals surface area contributed by atoms with Gasteiger partial charge in [-0.05, 0) is 42.7 Å². The van der Waals surface area contributed by atoms with Crippen LogP contribution in [0.3, 0.4) is 0 Å². The Kier molecular flexibility index (Phi) is 6.29. The summed E-state index contributed by atoms with van der Waals surface area (Å²) in [5.74, 6) is -0.500. The molecule has 14 heteroatoms. The van der Waals surface area contributed by atoms with E-state index in [4.69, 9.17) is 0 Å². The molecule has 3 heterocycles. The van der Waals surface area contributed by atoms with Crippen molar-refractivity contribution >= 4 is 48.5 Å². The van der Waals surface area contributed by atoms with Crippen LogP contribution < -0.4 is 20.3 Å². The zero-order valence-electron chi connectivity index (χ0n) is 19.1. The Morgan fingerprint density at radius 3 is 2.66 bits per heavy atom. The highest BCUT2D eigenvalue weighted by Gasteiger charge is 2.30. The molecule has 0 spiro atoms. The van der Waals surface area contributed by atoms with Gasteiger partial charge in [0.1, 0.15) is 21.9 Å². The lowest BCUT2D eigenvalue weighted by molar-refractivity contribution is 0.473. The van der Waals surface area contributed by atoms with Crippen molar-refractivity contribution in [1.29, 1.82) is 0 Å². The first-order valence-electron chi connectivity index (χ1n) is 10.6. The van der Waals surface area contributed by atoms with E-state index in [2.05, 4.69) is 24.1 Å². The summed E-state index contributed by atoms with van der Waals surface area (Å²) in [4.78, 5) is 17.4. The number of sulfonamides is 1. The summed E-state index contributed by atoms with van der Waals surface area (Å²) < 4.78 is 58.9. The third-order valence-electron chi connectivity index (χ3n) is 5.41. The maximum absolute atomic E-state index is 13.4. The Bertz CT molecular complexity index is 1630. The minimum atomic E-state index is -4.35. The zero-order chi connectivity index (χ0) is 25.5. The summed E-state index contributed by atoms with van der Waals surface area (Å²) in [5, 5.41) is 14.0. The van der Waals surface area contributed by atoms with Gasteiger partial charge in [-0.1, -0.05) is 13.8 Å². The number of hydrogen-bond donors (Lipinski definition) is 4. The first kappa shape index (κ1) is 24.6. The molecular formula is C21H24N6O6S2. The van der Waals surface area contributed by atoms with Crippen LogP contribution in [0.5, 0.6) is 5.75 Å². The monoisotopic (exact) mass is 520 g/mol.